The summed E-state index contributed by atoms with van der Waals surface area (Å²) in [6, 6.07) is 8.85. The van der Waals surface area contributed by atoms with Crippen molar-refractivity contribution in [3.63, 3.8) is 0 Å². The molecule has 1 unspecified atom stereocenters. The Balaban J connectivity index is 2.27. The van der Waals surface area contributed by atoms with E-state index in [4.69, 9.17) is 0 Å². The maximum Gasteiger partial charge on any atom is 0.0410 e. The minimum Gasteiger partial charge on any atom is -0.310 e. The second-order valence-electron chi connectivity index (χ2n) is 5.18. The van der Waals surface area contributed by atoms with Crippen molar-refractivity contribution in [2.24, 2.45) is 0 Å². The molecule has 112 valence electrons. The van der Waals surface area contributed by atoms with Crippen LogP contribution in [-0.4, -0.2) is 11.5 Å². The molecule has 2 aromatic rings. The van der Waals surface area contributed by atoms with Crippen molar-refractivity contribution < 1.29 is 0 Å². The fourth-order valence-electron chi connectivity index (χ4n) is 2.42. The van der Waals surface area contributed by atoms with Gasteiger partial charge in [0.1, 0.15) is 0 Å². The Hall–Kier alpha value is -0.710. The fraction of sp³-hybridized carbons (Fsp3) is 0.353. The lowest BCUT2D eigenvalue weighted by Gasteiger charge is -2.21. The topological polar surface area (TPSA) is 24.9 Å². The highest BCUT2D eigenvalue weighted by atomic mass is 79.9. The molecule has 0 saturated heterocycles. The first kappa shape index (κ1) is 16.7. The molecule has 0 saturated carbocycles. The third-order valence-electron chi connectivity index (χ3n) is 3.53. The van der Waals surface area contributed by atoms with Crippen LogP contribution in [0.3, 0.4) is 0 Å². The highest BCUT2D eigenvalue weighted by molar-refractivity contribution is 9.10. The summed E-state index contributed by atoms with van der Waals surface area (Å²) in [7, 11) is 0. The van der Waals surface area contributed by atoms with E-state index in [1.807, 2.05) is 12.4 Å². The largest absolute Gasteiger partial charge is 0.310 e. The van der Waals surface area contributed by atoms with Gasteiger partial charge in [0, 0.05) is 27.4 Å². The smallest absolute Gasteiger partial charge is 0.0410 e. The van der Waals surface area contributed by atoms with Crippen molar-refractivity contribution in [2.45, 2.75) is 32.7 Å². The Morgan fingerprint density at radius 3 is 2.76 bits per heavy atom. The van der Waals surface area contributed by atoms with E-state index in [2.05, 4.69) is 80.3 Å². The van der Waals surface area contributed by atoms with Gasteiger partial charge >= 0.3 is 0 Å². The predicted molar refractivity (Wildman–Crippen MR) is 95.6 cm³/mol. The second-order valence-corrected chi connectivity index (χ2v) is 6.95. The SMILES string of the molecule is CCCNC(Cc1cncc(Br)c1)c1cccc(Br)c1C. The molecule has 21 heavy (non-hydrogen) atoms. The molecule has 1 aromatic heterocycles. The lowest BCUT2D eigenvalue weighted by molar-refractivity contribution is 0.526. The lowest BCUT2D eigenvalue weighted by atomic mass is 9.96. The van der Waals surface area contributed by atoms with Crippen molar-refractivity contribution in [2.75, 3.05) is 6.54 Å². The zero-order valence-corrected chi connectivity index (χ0v) is 15.5. The number of nitrogens with zero attached hydrogens (tertiary/aromatic N) is 1. The van der Waals surface area contributed by atoms with Gasteiger partial charge in [0.25, 0.3) is 0 Å². The monoisotopic (exact) mass is 410 g/mol. The zero-order valence-electron chi connectivity index (χ0n) is 12.4. The van der Waals surface area contributed by atoms with E-state index < -0.39 is 0 Å². The number of rotatable bonds is 6. The van der Waals surface area contributed by atoms with Crippen LogP contribution in [-0.2, 0) is 6.42 Å². The third-order valence-corrected chi connectivity index (χ3v) is 4.82. The number of nitrogens with one attached hydrogen (secondary N) is 1. The van der Waals surface area contributed by atoms with Gasteiger partial charge in [0.05, 0.1) is 0 Å². The molecular weight excluding hydrogens is 392 g/mol. The number of hydrogen-bond acceptors (Lipinski definition) is 2. The molecule has 0 amide bonds. The molecule has 1 aromatic carbocycles. The number of pyridine rings is 1. The number of hydrogen-bond donors (Lipinski definition) is 1. The van der Waals surface area contributed by atoms with E-state index in [-0.39, 0.29) is 0 Å². The van der Waals surface area contributed by atoms with Crippen LogP contribution in [0.2, 0.25) is 0 Å². The summed E-state index contributed by atoms with van der Waals surface area (Å²) in [5.41, 5.74) is 3.88. The molecule has 1 heterocycles. The van der Waals surface area contributed by atoms with Crippen LogP contribution in [0.15, 0.2) is 45.6 Å². The quantitative estimate of drug-likeness (QED) is 0.706. The van der Waals surface area contributed by atoms with Crippen LogP contribution in [0.5, 0.6) is 0 Å². The highest BCUT2D eigenvalue weighted by Crippen LogP contribution is 2.27. The van der Waals surface area contributed by atoms with E-state index >= 15 is 0 Å². The van der Waals surface area contributed by atoms with Gasteiger partial charge < -0.3 is 5.32 Å². The van der Waals surface area contributed by atoms with Gasteiger partial charge in [-0.2, -0.15) is 0 Å². The molecule has 1 atom stereocenters. The van der Waals surface area contributed by atoms with Crippen LogP contribution in [0, 0.1) is 6.92 Å². The fourth-order valence-corrected chi connectivity index (χ4v) is 3.21. The molecule has 4 heteroatoms. The Bertz CT molecular complexity index is 599. The van der Waals surface area contributed by atoms with Crippen LogP contribution < -0.4 is 5.32 Å². The first-order chi connectivity index (χ1) is 10.1. The van der Waals surface area contributed by atoms with E-state index in [9.17, 15) is 0 Å². The van der Waals surface area contributed by atoms with Gasteiger partial charge in [-0.25, -0.2) is 0 Å². The van der Waals surface area contributed by atoms with Gasteiger partial charge in [-0.15, -0.1) is 0 Å². The average Bonchev–Trinajstić information content (AvgIpc) is 2.47. The van der Waals surface area contributed by atoms with E-state index in [0.717, 1.165) is 28.3 Å². The predicted octanol–water partition coefficient (Wildman–Crippen LogP) is 5.20. The van der Waals surface area contributed by atoms with Crippen molar-refractivity contribution >= 4 is 31.9 Å². The lowest BCUT2D eigenvalue weighted by Crippen LogP contribution is -2.25. The molecule has 0 aliphatic rings. The summed E-state index contributed by atoms with van der Waals surface area (Å²) in [6.07, 6.45) is 5.82. The van der Waals surface area contributed by atoms with Gasteiger partial charge in [0.2, 0.25) is 0 Å². The molecule has 0 radical (unpaired) electrons. The molecule has 2 rings (SSSR count). The van der Waals surface area contributed by atoms with Gasteiger partial charge in [-0.1, -0.05) is 35.0 Å². The van der Waals surface area contributed by atoms with Crippen molar-refractivity contribution in [3.05, 3.63) is 62.3 Å². The minimum absolute atomic E-state index is 0.304. The third kappa shape index (κ3) is 4.63. The highest BCUT2D eigenvalue weighted by Gasteiger charge is 2.15. The number of benzene rings is 1. The number of halogens is 2. The van der Waals surface area contributed by atoms with Gasteiger partial charge in [-0.05, 0) is 71.1 Å². The summed E-state index contributed by atoms with van der Waals surface area (Å²) < 4.78 is 2.19. The Labute approximate surface area is 143 Å². The van der Waals surface area contributed by atoms with Crippen molar-refractivity contribution in [3.8, 4) is 0 Å². The summed E-state index contributed by atoms with van der Waals surface area (Å²) in [4.78, 5) is 4.27. The normalized spacial score (nSPS) is 12.4. The van der Waals surface area contributed by atoms with Crippen LogP contribution in [0.4, 0.5) is 0 Å². The Kier molecular flexibility index (Phi) is 6.40. The molecule has 2 nitrogen and oxygen atoms in total. The molecule has 0 spiro atoms. The summed E-state index contributed by atoms with van der Waals surface area (Å²) in [5, 5.41) is 3.66. The molecule has 0 bridgehead atoms. The van der Waals surface area contributed by atoms with Crippen molar-refractivity contribution in [1.29, 1.82) is 0 Å². The summed E-state index contributed by atoms with van der Waals surface area (Å²) in [5.74, 6) is 0. The Morgan fingerprint density at radius 2 is 2.05 bits per heavy atom. The van der Waals surface area contributed by atoms with E-state index in [0.29, 0.717) is 6.04 Å². The molecule has 0 aliphatic heterocycles. The van der Waals surface area contributed by atoms with Crippen LogP contribution in [0.25, 0.3) is 0 Å². The summed E-state index contributed by atoms with van der Waals surface area (Å²) >= 11 is 7.13. The molecule has 0 fully saturated rings. The first-order valence-corrected chi connectivity index (χ1v) is 8.78. The van der Waals surface area contributed by atoms with Crippen molar-refractivity contribution in [1.82, 2.24) is 10.3 Å². The van der Waals surface area contributed by atoms with Crippen LogP contribution >= 0.6 is 31.9 Å². The van der Waals surface area contributed by atoms with E-state index in [1.165, 1.54) is 16.7 Å². The van der Waals surface area contributed by atoms with Gasteiger partial charge in [-0.3, -0.25) is 4.98 Å². The van der Waals surface area contributed by atoms with Gasteiger partial charge in [0.15, 0.2) is 0 Å². The molecular formula is C17H20Br2N2. The molecule has 1 N–H and O–H groups in total. The first-order valence-electron chi connectivity index (χ1n) is 7.19. The van der Waals surface area contributed by atoms with Crippen LogP contribution in [0.1, 0.15) is 36.1 Å². The minimum atomic E-state index is 0.304. The maximum absolute atomic E-state index is 4.27. The summed E-state index contributed by atoms with van der Waals surface area (Å²) in [6.45, 7) is 5.37. The number of aromatic nitrogens is 1. The average molecular weight is 412 g/mol. The second kappa shape index (κ2) is 8.06. The maximum atomic E-state index is 4.27. The standard InChI is InChI=1S/C17H20Br2N2/c1-3-7-21-17(9-13-8-14(18)11-20-10-13)15-5-4-6-16(19)12(15)2/h4-6,8,10-11,17,21H,3,7,9H2,1-2H3. The Morgan fingerprint density at radius 1 is 1.24 bits per heavy atom. The molecule has 0 aliphatic carbocycles. The van der Waals surface area contributed by atoms with E-state index in [1.54, 1.807) is 0 Å². The zero-order chi connectivity index (χ0) is 15.2.